The maximum atomic E-state index is 11.4. The summed E-state index contributed by atoms with van der Waals surface area (Å²) in [6.07, 6.45) is 9.43. The SMILES string of the molecule is CCCCCCc1ccccc1C(NCCCP(=O)(O)O)(c1ccccn1)c1nccs1. The number of thiazole rings is 1. The Balaban J connectivity index is 2.05. The van der Waals surface area contributed by atoms with Crippen LogP contribution in [0.15, 0.2) is 60.2 Å². The first-order valence-electron chi connectivity index (χ1n) is 11.2. The highest BCUT2D eigenvalue weighted by atomic mass is 32.1. The fourth-order valence-corrected chi connectivity index (χ4v) is 5.43. The molecule has 0 fully saturated rings. The van der Waals surface area contributed by atoms with E-state index in [0.29, 0.717) is 13.0 Å². The summed E-state index contributed by atoms with van der Waals surface area (Å²) in [5.74, 6) is 0. The van der Waals surface area contributed by atoms with Gasteiger partial charge in [-0.05, 0) is 49.1 Å². The van der Waals surface area contributed by atoms with Crippen molar-refractivity contribution in [2.45, 2.75) is 51.0 Å². The van der Waals surface area contributed by atoms with E-state index < -0.39 is 13.1 Å². The van der Waals surface area contributed by atoms with Gasteiger partial charge in [0.1, 0.15) is 10.5 Å². The lowest BCUT2D eigenvalue weighted by molar-refractivity contribution is 0.369. The topological polar surface area (TPSA) is 95.3 Å². The van der Waals surface area contributed by atoms with Crippen LogP contribution in [0, 0.1) is 0 Å². The van der Waals surface area contributed by atoms with Crippen LogP contribution in [0.5, 0.6) is 0 Å². The average Bonchev–Trinajstić information content (AvgIpc) is 3.33. The molecule has 3 aromatic rings. The minimum atomic E-state index is -4.05. The molecule has 0 radical (unpaired) electrons. The smallest absolute Gasteiger partial charge is 0.324 e. The van der Waals surface area contributed by atoms with Gasteiger partial charge in [-0.15, -0.1) is 11.3 Å². The predicted octanol–water partition coefficient (Wildman–Crippen LogP) is 5.11. The molecule has 1 aromatic carbocycles. The summed E-state index contributed by atoms with van der Waals surface area (Å²) in [7, 11) is -4.05. The van der Waals surface area contributed by atoms with Crippen molar-refractivity contribution in [2.24, 2.45) is 0 Å². The van der Waals surface area contributed by atoms with Crippen molar-refractivity contribution in [2.75, 3.05) is 12.7 Å². The largest absolute Gasteiger partial charge is 0.325 e. The second-order valence-corrected chi connectivity index (χ2v) is 10.6. The number of nitrogens with one attached hydrogen (secondary N) is 1. The molecule has 1 unspecified atom stereocenters. The lowest BCUT2D eigenvalue weighted by Gasteiger charge is -2.35. The highest BCUT2D eigenvalue weighted by Crippen LogP contribution is 2.40. The number of aromatic nitrogens is 2. The van der Waals surface area contributed by atoms with E-state index in [1.807, 2.05) is 29.6 Å². The van der Waals surface area contributed by atoms with E-state index in [0.717, 1.165) is 29.1 Å². The van der Waals surface area contributed by atoms with E-state index in [4.69, 9.17) is 4.98 Å². The Hall–Kier alpha value is -1.89. The number of hydrogen-bond acceptors (Lipinski definition) is 5. The first-order valence-corrected chi connectivity index (χ1v) is 13.8. The van der Waals surface area contributed by atoms with Crippen LogP contribution < -0.4 is 5.32 Å². The van der Waals surface area contributed by atoms with Gasteiger partial charge in [-0.2, -0.15) is 0 Å². The summed E-state index contributed by atoms with van der Waals surface area (Å²) in [4.78, 5) is 28.0. The Morgan fingerprint density at radius 2 is 1.81 bits per heavy atom. The van der Waals surface area contributed by atoms with Gasteiger partial charge in [0.05, 0.1) is 11.9 Å². The Morgan fingerprint density at radius 1 is 1.00 bits per heavy atom. The molecule has 0 spiro atoms. The zero-order valence-electron chi connectivity index (χ0n) is 18.5. The molecule has 0 amide bonds. The summed E-state index contributed by atoms with van der Waals surface area (Å²) in [5, 5.41) is 6.45. The van der Waals surface area contributed by atoms with Crippen molar-refractivity contribution in [3.8, 4) is 0 Å². The minimum Gasteiger partial charge on any atom is -0.324 e. The van der Waals surface area contributed by atoms with Crippen LogP contribution in [0.25, 0.3) is 0 Å². The third-order valence-corrected chi connectivity index (χ3v) is 7.33. The van der Waals surface area contributed by atoms with Gasteiger partial charge in [0, 0.05) is 17.8 Å². The molecule has 2 heterocycles. The maximum Gasteiger partial charge on any atom is 0.325 e. The molecule has 3 N–H and O–H groups in total. The highest BCUT2D eigenvalue weighted by Gasteiger charge is 2.41. The van der Waals surface area contributed by atoms with Gasteiger partial charge in [0.2, 0.25) is 0 Å². The van der Waals surface area contributed by atoms with Gasteiger partial charge >= 0.3 is 7.60 Å². The van der Waals surface area contributed by atoms with Crippen LogP contribution >= 0.6 is 18.9 Å². The third-order valence-electron chi connectivity index (χ3n) is 5.54. The molecule has 0 aliphatic heterocycles. The fraction of sp³-hybridized carbons (Fsp3) is 0.417. The van der Waals surface area contributed by atoms with Crippen LogP contribution in [0.2, 0.25) is 0 Å². The van der Waals surface area contributed by atoms with E-state index in [1.165, 1.54) is 24.8 Å². The summed E-state index contributed by atoms with van der Waals surface area (Å²) in [6.45, 7) is 2.63. The Bertz CT molecular complexity index is 995. The Labute approximate surface area is 194 Å². The number of hydrogen-bond donors (Lipinski definition) is 3. The quantitative estimate of drug-likeness (QED) is 0.236. The summed E-state index contributed by atoms with van der Waals surface area (Å²) < 4.78 is 11.4. The second kappa shape index (κ2) is 11.8. The minimum absolute atomic E-state index is 0.158. The third kappa shape index (κ3) is 6.33. The van der Waals surface area contributed by atoms with Crippen LogP contribution in [0.3, 0.4) is 0 Å². The molecule has 0 saturated heterocycles. The van der Waals surface area contributed by atoms with Crippen molar-refractivity contribution in [1.82, 2.24) is 15.3 Å². The molecule has 32 heavy (non-hydrogen) atoms. The standard InChI is InChI=1S/C24H32N3O3PS/c1-2-3-4-5-11-20-12-6-7-13-21(20)24(23-26-17-19-32-23,22-14-8-9-15-25-22)27-16-10-18-31(28,29)30/h6-9,12-15,17,19,27H,2-5,10-11,16,18H2,1H3,(H2,28,29,30). The summed E-state index contributed by atoms with van der Waals surface area (Å²) in [5.41, 5.74) is 2.38. The first kappa shape index (κ1) is 24.7. The molecule has 2 aromatic heterocycles. The summed E-state index contributed by atoms with van der Waals surface area (Å²) >= 11 is 1.56. The van der Waals surface area contributed by atoms with Crippen molar-refractivity contribution < 1.29 is 14.4 Å². The number of nitrogens with zero attached hydrogens (tertiary/aromatic N) is 2. The van der Waals surface area contributed by atoms with Crippen LogP contribution in [-0.2, 0) is 16.5 Å². The zero-order chi connectivity index (χ0) is 22.9. The van der Waals surface area contributed by atoms with E-state index in [1.54, 1.807) is 23.7 Å². The van der Waals surface area contributed by atoms with E-state index in [9.17, 15) is 14.4 Å². The number of pyridine rings is 1. The summed E-state index contributed by atoms with van der Waals surface area (Å²) in [6, 6.07) is 14.2. The van der Waals surface area contributed by atoms with Gasteiger partial charge in [0.25, 0.3) is 0 Å². The lowest BCUT2D eigenvalue weighted by atomic mass is 9.82. The lowest BCUT2D eigenvalue weighted by Crippen LogP contribution is -2.46. The van der Waals surface area contributed by atoms with E-state index in [2.05, 4.69) is 35.4 Å². The molecule has 0 saturated carbocycles. The Morgan fingerprint density at radius 3 is 2.50 bits per heavy atom. The maximum absolute atomic E-state index is 11.4. The molecule has 8 heteroatoms. The fourth-order valence-electron chi connectivity index (χ4n) is 4.02. The number of aryl methyl sites for hydroxylation is 1. The predicted molar refractivity (Wildman–Crippen MR) is 130 cm³/mol. The van der Waals surface area contributed by atoms with Crippen LogP contribution in [0.4, 0.5) is 0 Å². The van der Waals surface area contributed by atoms with Crippen molar-refractivity contribution >= 4 is 18.9 Å². The number of unbranched alkanes of at least 4 members (excludes halogenated alkanes) is 3. The normalized spacial score (nSPS) is 13.7. The average molecular weight is 474 g/mol. The van der Waals surface area contributed by atoms with Gasteiger partial charge in [-0.3, -0.25) is 14.9 Å². The van der Waals surface area contributed by atoms with Crippen LogP contribution in [-0.4, -0.2) is 32.5 Å². The first-order chi connectivity index (χ1) is 15.5. The molecule has 0 aliphatic carbocycles. The molecule has 0 bridgehead atoms. The molecular formula is C24H32N3O3PS. The van der Waals surface area contributed by atoms with Gasteiger partial charge in [-0.25, -0.2) is 4.98 Å². The van der Waals surface area contributed by atoms with Crippen molar-refractivity contribution in [1.29, 1.82) is 0 Å². The second-order valence-electron chi connectivity index (χ2n) is 7.94. The molecule has 6 nitrogen and oxygen atoms in total. The molecule has 3 rings (SSSR count). The number of rotatable bonds is 13. The van der Waals surface area contributed by atoms with E-state index >= 15 is 0 Å². The molecule has 172 valence electrons. The number of benzene rings is 1. The molecular weight excluding hydrogens is 441 g/mol. The van der Waals surface area contributed by atoms with Gasteiger partial charge < -0.3 is 9.79 Å². The highest BCUT2D eigenvalue weighted by molar-refractivity contribution is 7.51. The van der Waals surface area contributed by atoms with E-state index in [-0.39, 0.29) is 6.16 Å². The monoisotopic (exact) mass is 473 g/mol. The molecule has 0 aliphatic rings. The van der Waals surface area contributed by atoms with Gasteiger partial charge in [0.15, 0.2) is 0 Å². The van der Waals surface area contributed by atoms with Crippen molar-refractivity contribution in [3.05, 3.63) is 82.1 Å². The Kier molecular flexibility index (Phi) is 9.14. The van der Waals surface area contributed by atoms with Crippen LogP contribution in [0.1, 0.15) is 60.9 Å². The molecule has 1 atom stereocenters. The zero-order valence-corrected chi connectivity index (χ0v) is 20.2. The van der Waals surface area contributed by atoms with Crippen molar-refractivity contribution in [3.63, 3.8) is 0 Å². The van der Waals surface area contributed by atoms with Gasteiger partial charge in [-0.1, -0.05) is 56.5 Å².